The Hall–Kier alpha value is -1.74. The lowest BCUT2D eigenvalue weighted by atomic mass is 10.2. The van der Waals surface area contributed by atoms with E-state index in [0.717, 1.165) is 9.75 Å². The van der Waals surface area contributed by atoms with Gasteiger partial charge in [0.1, 0.15) is 0 Å². The third-order valence-corrected chi connectivity index (χ3v) is 5.07. The summed E-state index contributed by atoms with van der Waals surface area (Å²) in [5.74, 6) is -2.22. The van der Waals surface area contributed by atoms with E-state index in [4.69, 9.17) is 20.9 Å². The molecule has 0 aliphatic rings. The lowest BCUT2D eigenvalue weighted by Crippen LogP contribution is -2.36. The lowest BCUT2D eigenvalue weighted by Gasteiger charge is -2.14. The van der Waals surface area contributed by atoms with E-state index in [0.29, 0.717) is 25.7 Å². The van der Waals surface area contributed by atoms with Gasteiger partial charge in [0, 0.05) is 22.6 Å². The van der Waals surface area contributed by atoms with Crippen LogP contribution >= 0.6 is 22.7 Å². The van der Waals surface area contributed by atoms with Crippen molar-refractivity contribution in [3.8, 4) is 0 Å². The minimum absolute atomic E-state index is 0.434. The summed E-state index contributed by atoms with van der Waals surface area (Å²) in [5.41, 5.74) is 11.4. The van der Waals surface area contributed by atoms with Gasteiger partial charge >= 0.3 is 11.9 Å². The molecule has 0 saturated heterocycles. The molecule has 24 heavy (non-hydrogen) atoms. The molecule has 6 nitrogen and oxygen atoms in total. The summed E-state index contributed by atoms with van der Waals surface area (Å²) in [6.07, 6.45) is 0.528. The van der Waals surface area contributed by atoms with Gasteiger partial charge in [-0.1, -0.05) is 12.1 Å². The van der Waals surface area contributed by atoms with Crippen LogP contribution in [0.4, 0.5) is 0 Å². The van der Waals surface area contributed by atoms with Crippen LogP contribution in [-0.2, 0) is 31.9 Å². The molecule has 0 fully saturated rings. The van der Waals surface area contributed by atoms with Crippen LogP contribution in [0.15, 0.2) is 35.0 Å². The van der Waals surface area contributed by atoms with Crippen molar-refractivity contribution in [2.24, 2.45) is 11.5 Å². The van der Waals surface area contributed by atoms with Crippen LogP contribution in [0.2, 0.25) is 0 Å². The van der Waals surface area contributed by atoms with Gasteiger partial charge in [-0.3, -0.25) is 11.5 Å². The summed E-state index contributed by atoms with van der Waals surface area (Å²) in [6.45, 7) is 0. The van der Waals surface area contributed by atoms with Gasteiger partial charge in [0.25, 0.3) is 0 Å². The number of aryl methyl sites for hydroxylation is 2. The van der Waals surface area contributed by atoms with Crippen LogP contribution in [0, 0.1) is 0 Å². The van der Waals surface area contributed by atoms with E-state index in [1.165, 1.54) is 0 Å². The Bertz CT molecular complexity index is 572. The van der Waals surface area contributed by atoms with Gasteiger partial charge in [-0.2, -0.15) is 0 Å². The van der Waals surface area contributed by atoms with Gasteiger partial charge in [0.2, 0.25) is 0 Å². The zero-order valence-corrected chi connectivity index (χ0v) is 14.7. The molecule has 8 heteroatoms. The van der Waals surface area contributed by atoms with Crippen molar-refractivity contribution in [1.29, 1.82) is 0 Å². The maximum absolute atomic E-state index is 11.7. The standard InChI is InChI=1S/C16H20N2O4S2/c17-13(7-5-11-3-1-9-23-11)21-15(19)16(20)22-14(18)8-6-12-4-2-10-24-12/h1-4,9-10,13-14H,5-8,17-18H2. The van der Waals surface area contributed by atoms with Crippen molar-refractivity contribution in [2.45, 2.75) is 38.1 Å². The summed E-state index contributed by atoms with van der Waals surface area (Å²) in [4.78, 5) is 25.6. The molecule has 0 aliphatic heterocycles. The molecule has 0 amide bonds. The van der Waals surface area contributed by atoms with Crippen molar-refractivity contribution in [2.75, 3.05) is 0 Å². The summed E-state index contributed by atoms with van der Waals surface area (Å²) >= 11 is 3.20. The molecule has 0 aromatic carbocycles. The minimum Gasteiger partial charge on any atom is -0.438 e. The van der Waals surface area contributed by atoms with Gasteiger partial charge in [0.05, 0.1) is 0 Å². The molecule has 2 aromatic heterocycles. The second-order valence-corrected chi connectivity index (χ2v) is 7.19. The maximum atomic E-state index is 11.7. The average Bonchev–Trinajstić information content (AvgIpc) is 3.24. The van der Waals surface area contributed by atoms with Gasteiger partial charge in [0.15, 0.2) is 12.5 Å². The van der Waals surface area contributed by atoms with E-state index in [1.54, 1.807) is 22.7 Å². The van der Waals surface area contributed by atoms with Crippen LogP contribution in [0.25, 0.3) is 0 Å². The highest BCUT2D eigenvalue weighted by Crippen LogP contribution is 2.13. The molecule has 0 spiro atoms. The topological polar surface area (TPSA) is 105 Å². The number of ether oxygens (including phenoxy) is 2. The molecule has 2 atom stereocenters. The number of thiophene rings is 2. The van der Waals surface area contributed by atoms with Crippen LogP contribution < -0.4 is 11.5 Å². The summed E-state index contributed by atoms with van der Waals surface area (Å²) in [7, 11) is 0. The number of carbonyl (C=O) groups is 2. The number of hydrogen-bond donors (Lipinski definition) is 2. The van der Waals surface area contributed by atoms with E-state index in [-0.39, 0.29) is 0 Å². The zero-order valence-electron chi connectivity index (χ0n) is 13.1. The van der Waals surface area contributed by atoms with Crippen LogP contribution in [-0.4, -0.2) is 24.4 Å². The van der Waals surface area contributed by atoms with E-state index < -0.39 is 24.4 Å². The Morgan fingerprint density at radius 1 is 0.875 bits per heavy atom. The van der Waals surface area contributed by atoms with E-state index in [2.05, 4.69) is 0 Å². The molecular weight excluding hydrogens is 348 g/mol. The van der Waals surface area contributed by atoms with Crippen molar-refractivity contribution in [3.05, 3.63) is 44.8 Å². The molecule has 0 radical (unpaired) electrons. The zero-order chi connectivity index (χ0) is 17.4. The highest BCUT2D eigenvalue weighted by Gasteiger charge is 2.23. The summed E-state index contributed by atoms with van der Waals surface area (Å²) < 4.78 is 9.75. The van der Waals surface area contributed by atoms with Crippen LogP contribution in [0.3, 0.4) is 0 Å². The predicted molar refractivity (Wildman–Crippen MR) is 93.4 cm³/mol. The largest absolute Gasteiger partial charge is 0.438 e. The lowest BCUT2D eigenvalue weighted by molar-refractivity contribution is -0.174. The second kappa shape index (κ2) is 9.53. The fourth-order valence-corrected chi connectivity index (χ4v) is 3.42. The van der Waals surface area contributed by atoms with Crippen molar-refractivity contribution >= 4 is 34.6 Å². The van der Waals surface area contributed by atoms with E-state index in [1.807, 2.05) is 35.0 Å². The highest BCUT2D eigenvalue weighted by molar-refractivity contribution is 7.10. The Balaban J connectivity index is 1.65. The number of rotatable bonds is 8. The Morgan fingerprint density at radius 2 is 1.29 bits per heavy atom. The van der Waals surface area contributed by atoms with Crippen molar-refractivity contribution in [3.63, 3.8) is 0 Å². The third kappa shape index (κ3) is 6.40. The molecule has 2 rings (SSSR count). The molecule has 130 valence electrons. The second-order valence-electron chi connectivity index (χ2n) is 5.12. The quantitative estimate of drug-likeness (QED) is 0.420. The smallest absolute Gasteiger partial charge is 0.419 e. The van der Waals surface area contributed by atoms with Crippen molar-refractivity contribution < 1.29 is 19.1 Å². The first-order valence-electron chi connectivity index (χ1n) is 7.52. The van der Waals surface area contributed by atoms with Gasteiger partial charge in [-0.15, -0.1) is 22.7 Å². The summed E-state index contributed by atoms with van der Waals surface area (Å²) in [6, 6.07) is 7.82. The molecule has 2 heterocycles. The molecule has 4 N–H and O–H groups in total. The normalized spacial score (nSPS) is 13.2. The van der Waals surface area contributed by atoms with Crippen LogP contribution in [0.1, 0.15) is 22.6 Å². The highest BCUT2D eigenvalue weighted by atomic mass is 32.1. The third-order valence-electron chi connectivity index (χ3n) is 3.19. The molecule has 2 unspecified atom stereocenters. The van der Waals surface area contributed by atoms with E-state index >= 15 is 0 Å². The average molecular weight is 368 g/mol. The fourth-order valence-electron chi connectivity index (χ4n) is 1.97. The maximum Gasteiger partial charge on any atom is 0.419 e. The number of carbonyl (C=O) groups excluding carboxylic acids is 2. The number of hydrogen-bond acceptors (Lipinski definition) is 8. The molecule has 2 aromatic rings. The van der Waals surface area contributed by atoms with Gasteiger partial charge < -0.3 is 9.47 Å². The van der Waals surface area contributed by atoms with Crippen molar-refractivity contribution in [1.82, 2.24) is 0 Å². The Morgan fingerprint density at radius 3 is 1.62 bits per heavy atom. The van der Waals surface area contributed by atoms with E-state index in [9.17, 15) is 9.59 Å². The SMILES string of the molecule is NC(CCc1cccs1)OC(=O)C(=O)OC(N)CCc1cccs1. The van der Waals surface area contributed by atoms with Gasteiger partial charge in [-0.25, -0.2) is 9.59 Å². The molecule has 0 aliphatic carbocycles. The fraction of sp³-hybridized carbons (Fsp3) is 0.375. The molecule has 0 saturated carbocycles. The summed E-state index contributed by atoms with van der Waals surface area (Å²) in [5, 5.41) is 3.92. The first-order valence-corrected chi connectivity index (χ1v) is 9.28. The van der Waals surface area contributed by atoms with Gasteiger partial charge in [-0.05, 0) is 35.7 Å². The monoisotopic (exact) mass is 368 g/mol. The predicted octanol–water partition coefficient (Wildman–Crippen LogP) is 2.03. The Labute approximate surface area is 148 Å². The Kier molecular flexibility index (Phi) is 7.38. The first-order chi connectivity index (χ1) is 11.5. The minimum atomic E-state index is -1.11. The molecule has 0 bridgehead atoms. The molecular formula is C16H20N2O4S2. The number of nitrogens with two attached hydrogens (primary N) is 2. The number of esters is 2. The van der Waals surface area contributed by atoms with Crippen LogP contribution in [0.5, 0.6) is 0 Å². The first kappa shape index (κ1) is 18.6.